The van der Waals surface area contributed by atoms with E-state index in [1.807, 2.05) is 6.92 Å². The van der Waals surface area contributed by atoms with Crippen LogP contribution < -0.4 is 10.1 Å². The van der Waals surface area contributed by atoms with Gasteiger partial charge in [-0.25, -0.2) is 0 Å². The number of ether oxygens (including phenoxy) is 1. The maximum atomic E-state index is 11.7. The maximum Gasteiger partial charge on any atom is 0.262 e. The number of nitrogens with one attached hydrogen (secondary N) is 1. The molecule has 1 rings (SSSR count). The van der Waals surface area contributed by atoms with Crippen LogP contribution in [0.15, 0.2) is 11.4 Å². The summed E-state index contributed by atoms with van der Waals surface area (Å²) in [6.45, 7) is 1.93. The zero-order valence-corrected chi connectivity index (χ0v) is 9.56. The minimum atomic E-state index is -0.203. The summed E-state index contributed by atoms with van der Waals surface area (Å²) in [5.74, 6) is 3.06. The van der Waals surface area contributed by atoms with E-state index in [9.17, 15) is 4.79 Å². The minimum absolute atomic E-state index is 0.145. The normalized spacial score (nSPS) is 11.5. The highest BCUT2D eigenvalue weighted by molar-refractivity contribution is 7.12. The van der Waals surface area contributed by atoms with Gasteiger partial charge >= 0.3 is 0 Å². The molecular weight excluding hydrogens is 210 g/mol. The minimum Gasteiger partial charge on any atom is -0.496 e. The summed E-state index contributed by atoms with van der Waals surface area (Å²) in [4.78, 5) is 12.3. The second-order valence-electron chi connectivity index (χ2n) is 2.95. The highest BCUT2D eigenvalue weighted by Crippen LogP contribution is 2.20. The fraction of sp³-hybridized carbons (Fsp3) is 0.364. The van der Waals surface area contributed by atoms with Crippen molar-refractivity contribution in [1.82, 2.24) is 5.32 Å². The summed E-state index contributed by atoms with van der Waals surface area (Å²) < 4.78 is 4.99. The Hall–Kier alpha value is -1.47. The fourth-order valence-corrected chi connectivity index (χ4v) is 1.79. The Labute approximate surface area is 93.5 Å². The van der Waals surface area contributed by atoms with E-state index in [0.29, 0.717) is 10.6 Å². The van der Waals surface area contributed by atoms with Gasteiger partial charge in [0.2, 0.25) is 0 Å². The van der Waals surface area contributed by atoms with E-state index in [0.717, 1.165) is 6.42 Å². The maximum absolute atomic E-state index is 11.7. The van der Waals surface area contributed by atoms with Crippen LogP contribution in [0.1, 0.15) is 23.0 Å². The average Bonchev–Trinajstić information content (AvgIpc) is 2.74. The molecule has 15 heavy (non-hydrogen) atoms. The van der Waals surface area contributed by atoms with E-state index in [2.05, 4.69) is 11.2 Å². The first-order valence-corrected chi connectivity index (χ1v) is 5.48. The lowest BCUT2D eigenvalue weighted by Gasteiger charge is -2.08. The topological polar surface area (TPSA) is 38.3 Å². The molecule has 1 N–H and O–H groups in total. The quantitative estimate of drug-likeness (QED) is 0.792. The molecule has 1 aromatic heterocycles. The number of hydrogen-bond acceptors (Lipinski definition) is 3. The molecule has 0 spiro atoms. The van der Waals surface area contributed by atoms with Gasteiger partial charge in [-0.1, -0.05) is 12.8 Å². The van der Waals surface area contributed by atoms with Gasteiger partial charge in [0.15, 0.2) is 0 Å². The van der Waals surface area contributed by atoms with E-state index in [1.54, 1.807) is 18.6 Å². The van der Waals surface area contributed by atoms with Crippen LogP contribution in [0.25, 0.3) is 0 Å². The Balaban J connectivity index is 2.65. The Morgan fingerprint density at radius 1 is 1.80 bits per heavy atom. The van der Waals surface area contributed by atoms with E-state index < -0.39 is 0 Å². The van der Waals surface area contributed by atoms with E-state index in [1.165, 1.54) is 11.3 Å². The number of carbonyl (C=O) groups excluding carboxylic acids is 1. The van der Waals surface area contributed by atoms with Crippen molar-refractivity contribution in [2.75, 3.05) is 7.11 Å². The predicted molar refractivity (Wildman–Crippen MR) is 61.2 cm³/mol. The van der Waals surface area contributed by atoms with E-state index >= 15 is 0 Å². The number of hydrogen-bond donors (Lipinski definition) is 1. The number of methoxy groups -OCH3 is 1. The Morgan fingerprint density at radius 2 is 2.53 bits per heavy atom. The third-order valence-corrected chi connectivity index (χ3v) is 2.86. The molecule has 4 heteroatoms. The molecule has 0 aliphatic rings. The van der Waals surface area contributed by atoms with Crippen LogP contribution in [-0.4, -0.2) is 19.1 Å². The molecule has 0 aliphatic heterocycles. The Kier molecular flexibility index (Phi) is 4.19. The average molecular weight is 223 g/mol. The molecule has 0 saturated carbocycles. The summed E-state index contributed by atoms with van der Waals surface area (Å²) in [7, 11) is 1.57. The smallest absolute Gasteiger partial charge is 0.262 e. The first kappa shape index (κ1) is 11.6. The van der Waals surface area contributed by atoms with Crippen LogP contribution in [0.4, 0.5) is 0 Å². The first-order valence-electron chi connectivity index (χ1n) is 4.60. The lowest BCUT2D eigenvalue weighted by Crippen LogP contribution is -2.32. The van der Waals surface area contributed by atoms with Gasteiger partial charge in [-0.2, -0.15) is 0 Å². The highest BCUT2D eigenvalue weighted by atomic mass is 32.1. The van der Waals surface area contributed by atoms with Crippen molar-refractivity contribution < 1.29 is 9.53 Å². The summed E-state index contributed by atoms with van der Waals surface area (Å²) in [6, 6.07) is 1.49. The third kappa shape index (κ3) is 3.00. The number of amides is 1. The summed E-state index contributed by atoms with van der Waals surface area (Å²) in [6.07, 6.45) is 5.98. The molecule has 0 bridgehead atoms. The van der Waals surface area contributed by atoms with Gasteiger partial charge in [-0.05, 0) is 6.42 Å². The fourth-order valence-electron chi connectivity index (χ4n) is 1.04. The van der Waals surface area contributed by atoms with Crippen molar-refractivity contribution in [2.45, 2.75) is 19.4 Å². The molecule has 1 heterocycles. The number of thiophene rings is 1. The van der Waals surface area contributed by atoms with E-state index in [4.69, 9.17) is 11.2 Å². The van der Waals surface area contributed by atoms with Gasteiger partial charge in [0.25, 0.3) is 5.91 Å². The lowest BCUT2D eigenvalue weighted by molar-refractivity contribution is 0.0949. The molecular formula is C11H13NO2S. The monoisotopic (exact) mass is 223 g/mol. The van der Waals surface area contributed by atoms with Crippen LogP contribution in [0.5, 0.6) is 5.75 Å². The molecule has 0 saturated heterocycles. The Bertz CT molecular complexity index is 378. The number of rotatable bonds is 4. The van der Waals surface area contributed by atoms with Crippen LogP contribution in [-0.2, 0) is 0 Å². The van der Waals surface area contributed by atoms with Crippen molar-refractivity contribution >= 4 is 17.2 Å². The molecule has 1 unspecified atom stereocenters. The van der Waals surface area contributed by atoms with Gasteiger partial charge in [0.1, 0.15) is 5.75 Å². The molecule has 1 atom stereocenters. The molecule has 0 aromatic carbocycles. The van der Waals surface area contributed by atoms with Gasteiger partial charge in [0.05, 0.1) is 18.0 Å². The number of terminal acetylenes is 1. The summed E-state index contributed by atoms with van der Waals surface area (Å²) in [5, 5.41) is 4.53. The molecule has 0 aliphatic carbocycles. The second kappa shape index (κ2) is 5.42. The molecule has 80 valence electrons. The van der Waals surface area contributed by atoms with Crippen LogP contribution in [0, 0.1) is 12.3 Å². The van der Waals surface area contributed by atoms with Crippen molar-refractivity contribution in [1.29, 1.82) is 0 Å². The molecule has 1 amide bonds. The first-order chi connectivity index (χ1) is 7.21. The SMILES string of the molecule is C#CC(CC)NC(=O)c1cc(OC)cs1. The van der Waals surface area contributed by atoms with Gasteiger partial charge < -0.3 is 10.1 Å². The van der Waals surface area contributed by atoms with Crippen LogP contribution in [0.3, 0.4) is 0 Å². The molecule has 3 nitrogen and oxygen atoms in total. The second-order valence-corrected chi connectivity index (χ2v) is 3.86. The summed E-state index contributed by atoms with van der Waals surface area (Å²) >= 11 is 1.34. The van der Waals surface area contributed by atoms with Gasteiger partial charge in [-0.3, -0.25) is 4.79 Å². The predicted octanol–water partition coefficient (Wildman–Crippen LogP) is 1.90. The molecule has 0 radical (unpaired) electrons. The van der Waals surface area contributed by atoms with Crippen molar-refractivity contribution in [2.24, 2.45) is 0 Å². The standard InChI is InChI=1S/C11H13NO2S/c1-4-8(5-2)12-11(13)10-6-9(14-3)7-15-10/h1,6-8H,5H2,2-3H3,(H,12,13). The van der Waals surface area contributed by atoms with Crippen molar-refractivity contribution in [3.63, 3.8) is 0 Å². The van der Waals surface area contributed by atoms with Crippen molar-refractivity contribution in [3.05, 3.63) is 16.3 Å². The Morgan fingerprint density at radius 3 is 3.00 bits per heavy atom. The zero-order chi connectivity index (χ0) is 11.3. The van der Waals surface area contributed by atoms with Crippen molar-refractivity contribution in [3.8, 4) is 18.1 Å². The summed E-state index contributed by atoms with van der Waals surface area (Å²) in [5.41, 5.74) is 0. The third-order valence-electron chi connectivity index (χ3n) is 1.95. The molecule has 1 aromatic rings. The highest BCUT2D eigenvalue weighted by Gasteiger charge is 2.12. The zero-order valence-electron chi connectivity index (χ0n) is 8.74. The van der Waals surface area contributed by atoms with Crippen LogP contribution >= 0.6 is 11.3 Å². The molecule has 0 fully saturated rings. The largest absolute Gasteiger partial charge is 0.496 e. The van der Waals surface area contributed by atoms with Gasteiger partial charge in [-0.15, -0.1) is 17.8 Å². The van der Waals surface area contributed by atoms with Gasteiger partial charge in [0, 0.05) is 11.4 Å². The van der Waals surface area contributed by atoms with Crippen LogP contribution in [0.2, 0.25) is 0 Å². The number of carbonyl (C=O) groups is 1. The lowest BCUT2D eigenvalue weighted by atomic mass is 10.2. The van der Waals surface area contributed by atoms with E-state index in [-0.39, 0.29) is 11.9 Å².